The summed E-state index contributed by atoms with van der Waals surface area (Å²) in [5.74, 6) is 1.29. The summed E-state index contributed by atoms with van der Waals surface area (Å²) in [5, 5.41) is 0. The van der Waals surface area contributed by atoms with Crippen molar-refractivity contribution in [3.8, 4) is 5.88 Å². The standard InChI is InChI=1S/C18H24FNO/c1-12(2)17(14-7-9-15(19)10-8-14)16-6-5-11-20-18(16)21-13(3)4/h5-7,9,11-13,17H,8,10H2,1-4H3. The Bertz CT molecular complexity index is 546. The molecule has 1 aromatic heterocycles. The number of rotatable bonds is 5. The summed E-state index contributed by atoms with van der Waals surface area (Å²) >= 11 is 0. The first-order valence-corrected chi connectivity index (χ1v) is 7.65. The summed E-state index contributed by atoms with van der Waals surface area (Å²) in [5.41, 5.74) is 2.36. The van der Waals surface area contributed by atoms with E-state index < -0.39 is 0 Å². The van der Waals surface area contributed by atoms with Gasteiger partial charge in [0.25, 0.3) is 0 Å². The Kier molecular flexibility index (Phi) is 5.16. The third kappa shape index (κ3) is 3.93. The first-order valence-electron chi connectivity index (χ1n) is 7.65. The zero-order chi connectivity index (χ0) is 15.4. The highest BCUT2D eigenvalue weighted by molar-refractivity contribution is 5.39. The minimum atomic E-state index is -0.0360. The van der Waals surface area contributed by atoms with Crippen LogP contribution in [0.25, 0.3) is 0 Å². The molecule has 0 aliphatic heterocycles. The van der Waals surface area contributed by atoms with Crippen molar-refractivity contribution in [1.29, 1.82) is 0 Å². The van der Waals surface area contributed by atoms with Gasteiger partial charge in [-0.2, -0.15) is 0 Å². The van der Waals surface area contributed by atoms with Crippen molar-refractivity contribution in [3.63, 3.8) is 0 Å². The van der Waals surface area contributed by atoms with Crippen molar-refractivity contribution in [2.45, 2.75) is 52.6 Å². The molecule has 0 aromatic carbocycles. The molecule has 2 nitrogen and oxygen atoms in total. The number of hydrogen-bond donors (Lipinski definition) is 0. The fraction of sp³-hybridized carbons (Fsp3) is 0.500. The van der Waals surface area contributed by atoms with E-state index in [1.54, 1.807) is 12.3 Å². The van der Waals surface area contributed by atoms with E-state index in [0.29, 0.717) is 18.2 Å². The average molecular weight is 289 g/mol. The number of nitrogens with zero attached hydrogens (tertiary/aromatic N) is 1. The van der Waals surface area contributed by atoms with Gasteiger partial charge in [-0.3, -0.25) is 0 Å². The van der Waals surface area contributed by atoms with Gasteiger partial charge in [0.1, 0.15) is 5.83 Å². The maximum absolute atomic E-state index is 13.3. The van der Waals surface area contributed by atoms with Gasteiger partial charge in [0, 0.05) is 24.1 Å². The molecular weight excluding hydrogens is 265 g/mol. The van der Waals surface area contributed by atoms with Gasteiger partial charge in [0.2, 0.25) is 5.88 Å². The van der Waals surface area contributed by atoms with E-state index in [2.05, 4.69) is 24.9 Å². The normalized spacial score (nSPS) is 16.7. The van der Waals surface area contributed by atoms with Gasteiger partial charge in [-0.25, -0.2) is 9.37 Å². The highest BCUT2D eigenvalue weighted by Gasteiger charge is 2.25. The van der Waals surface area contributed by atoms with Crippen LogP contribution in [0.4, 0.5) is 4.39 Å². The molecule has 0 fully saturated rings. The van der Waals surface area contributed by atoms with Crippen molar-refractivity contribution in [1.82, 2.24) is 4.98 Å². The van der Waals surface area contributed by atoms with Gasteiger partial charge in [-0.1, -0.05) is 31.6 Å². The Balaban J connectivity index is 2.40. The second-order valence-corrected chi connectivity index (χ2v) is 6.14. The summed E-state index contributed by atoms with van der Waals surface area (Å²) in [6.07, 6.45) is 6.62. The SMILES string of the molecule is CC(C)Oc1ncccc1C(C1=CC=C(F)CC1)C(C)C. The summed E-state index contributed by atoms with van der Waals surface area (Å²) in [6, 6.07) is 4.02. The number of allylic oxidation sites excluding steroid dienone is 4. The van der Waals surface area contributed by atoms with E-state index in [-0.39, 0.29) is 17.8 Å². The van der Waals surface area contributed by atoms with E-state index in [1.807, 2.05) is 26.0 Å². The van der Waals surface area contributed by atoms with Crippen molar-refractivity contribution >= 4 is 0 Å². The quantitative estimate of drug-likeness (QED) is 0.745. The zero-order valence-corrected chi connectivity index (χ0v) is 13.3. The topological polar surface area (TPSA) is 22.1 Å². The molecule has 0 radical (unpaired) electrons. The number of hydrogen-bond acceptors (Lipinski definition) is 2. The number of aromatic nitrogens is 1. The molecule has 1 aliphatic rings. The Hall–Kier alpha value is -1.64. The number of pyridine rings is 1. The molecule has 1 heterocycles. The Morgan fingerprint density at radius 2 is 1.90 bits per heavy atom. The van der Waals surface area contributed by atoms with Crippen LogP contribution in [0.15, 0.2) is 41.9 Å². The number of ether oxygens (including phenoxy) is 1. The third-order valence-electron chi connectivity index (χ3n) is 3.68. The van der Waals surface area contributed by atoms with E-state index in [9.17, 15) is 4.39 Å². The minimum absolute atomic E-state index is 0.0360. The van der Waals surface area contributed by atoms with Crippen molar-refractivity contribution in [2.75, 3.05) is 0 Å². The second-order valence-electron chi connectivity index (χ2n) is 6.14. The Morgan fingerprint density at radius 1 is 1.14 bits per heavy atom. The van der Waals surface area contributed by atoms with Crippen LogP contribution in [0.5, 0.6) is 5.88 Å². The van der Waals surface area contributed by atoms with Gasteiger partial charge in [0.15, 0.2) is 0 Å². The molecule has 0 amide bonds. The monoisotopic (exact) mass is 289 g/mol. The fourth-order valence-electron chi connectivity index (χ4n) is 2.84. The van der Waals surface area contributed by atoms with Crippen LogP contribution in [-0.4, -0.2) is 11.1 Å². The van der Waals surface area contributed by atoms with Crippen LogP contribution in [0, 0.1) is 5.92 Å². The third-order valence-corrected chi connectivity index (χ3v) is 3.68. The first-order chi connectivity index (χ1) is 9.99. The van der Waals surface area contributed by atoms with E-state index in [0.717, 1.165) is 12.0 Å². The molecule has 0 bridgehead atoms. The van der Waals surface area contributed by atoms with Crippen molar-refractivity contribution in [3.05, 3.63) is 47.4 Å². The molecular formula is C18H24FNO. The molecule has 1 aliphatic carbocycles. The summed E-state index contributed by atoms with van der Waals surface area (Å²) < 4.78 is 19.1. The van der Waals surface area contributed by atoms with Crippen molar-refractivity contribution < 1.29 is 9.13 Å². The maximum Gasteiger partial charge on any atom is 0.217 e. The Morgan fingerprint density at radius 3 is 2.48 bits per heavy atom. The van der Waals surface area contributed by atoms with Crippen LogP contribution in [0.3, 0.4) is 0 Å². The van der Waals surface area contributed by atoms with Gasteiger partial charge in [0.05, 0.1) is 6.10 Å². The molecule has 0 spiro atoms. The van der Waals surface area contributed by atoms with E-state index in [1.165, 1.54) is 5.57 Å². The lowest BCUT2D eigenvalue weighted by Gasteiger charge is -2.27. The van der Waals surface area contributed by atoms with Crippen LogP contribution < -0.4 is 4.74 Å². The predicted octanol–water partition coefficient (Wildman–Crippen LogP) is 5.18. The average Bonchev–Trinajstić information content (AvgIpc) is 2.42. The van der Waals surface area contributed by atoms with Gasteiger partial charge < -0.3 is 4.74 Å². The fourth-order valence-corrected chi connectivity index (χ4v) is 2.84. The molecule has 114 valence electrons. The second kappa shape index (κ2) is 6.88. The molecule has 3 heteroatoms. The Labute approximate surface area is 126 Å². The minimum Gasteiger partial charge on any atom is -0.475 e. The molecule has 1 atom stereocenters. The maximum atomic E-state index is 13.3. The van der Waals surface area contributed by atoms with Crippen molar-refractivity contribution in [2.24, 2.45) is 5.92 Å². The predicted molar refractivity (Wildman–Crippen MR) is 84.1 cm³/mol. The van der Waals surface area contributed by atoms with Gasteiger partial charge in [-0.05, 0) is 38.3 Å². The van der Waals surface area contributed by atoms with Crippen LogP contribution in [0.1, 0.15) is 52.0 Å². The number of halogens is 1. The molecule has 21 heavy (non-hydrogen) atoms. The smallest absolute Gasteiger partial charge is 0.217 e. The molecule has 0 saturated heterocycles. The zero-order valence-electron chi connectivity index (χ0n) is 13.3. The van der Waals surface area contributed by atoms with E-state index in [4.69, 9.17) is 4.74 Å². The van der Waals surface area contributed by atoms with Crippen LogP contribution in [-0.2, 0) is 0 Å². The molecule has 1 aromatic rings. The molecule has 2 rings (SSSR count). The largest absolute Gasteiger partial charge is 0.475 e. The summed E-state index contributed by atoms with van der Waals surface area (Å²) in [6.45, 7) is 8.38. The van der Waals surface area contributed by atoms with Crippen LogP contribution >= 0.6 is 0 Å². The van der Waals surface area contributed by atoms with Gasteiger partial charge in [-0.15, -0.1) is 0 Å². The lowest BCUT2D eigenvalue weighted by Crippen LogP contribution is -2.16. The summed E-state index contributed by atoms with van der Waals surface area (Å²) in [7, 11) is 0. The van der Waals surface area contributed by atoms with Gasteiger partial charge >= 0.3 is 0 Å². The highest BCUT2D eigenvalue weighted by Crippen LogP contribution is 2.40. The molecule has 1 unspecified atom stereocenters. The first kappa shape index (κ1) is 15.7. The lowest BCUT2D eigenvalue weighted by molar-refractivity contribution is 0.228. The van der Waals surface area contributed by atoms with Crippen LogP contribution in [0.2, 0.25) is 0 Å². The lowest BCUT2D eigenvalue weighted by atomic mass is 9.79. The van der Waals surface area contributed by atoms with E-state index >= 15 is 0 Å². The molecule has 0 saturated carbocycles. The molecule has 0 N–H and O–H groups in total. The summed E-state index contributed by atoms with van der Waals surface area (Å²) in [4.78, 5) is 4.39. The highest BCUT2D eigenvalue weighted by atomic mass is 19.1.